The van der Waals surface area contributed by atoms with Crippen LogP contribution in [0.1, 0.15) is 115 Å². The number of aliphatic hydroxyl groups is 5. The summed E-state index contributed by atoms with van der Waals surface area (Å²) >= 11 is 0. The zero-order chi connectivity index (χ0) is 45.8. The summed E-state index contributed by atoms with van der Waals surface area (Å²) in [5, 5.41) is 69.9. The number of rotatable bonds is 13. The molecule has 65 heavy (non-hydrogen) atoms. The summed E-state index contributed by atoms with van der Waals surface area (Å²) in [7, 11) is 1.56. The smallest absolute Gasteiger partial charge is 0.179 e. The van der Waals surface area contributed by atoms with E-state index in [-0.39, 0.29) is 67.0 Å². The Morgan fingerprint density at radius 1 is 0.969 bits per heavy atom. The molecule has 5 aliphatic rings. The van der Waals surface area contributed by atoms with Crippen LogP contribution in [-0.4, -0.2) is 68.9 Å². The van der Waals surface area contributed by atoms with E-state index in [2.05, 4.69) is 36.4 Å². The van der Waals surface area contributed by atoms with Crippen LogP contribution in [0.5, 0.6) is 17.2 Å². The average Bonchev–Trinajstić information content (AvgIpc) is 3.29. The van der Waals surface area contributed by atoms with Crippen molar-refractivity contribution in [2.45, 2.75) is 109 Å². The van der Waals surface area contributed by atoms with Gasteiger partial charge in [0.25, 0.3) is 0 Å². The number of nitrogens with one attached hydrogen (secondary N) is 1. The molecule has 11 heteroatoms. The van der Waals surface area contributed by atoms with Crippen molar-refractivity contribution in [3.63, 3.8) is 0 Å². The van der Waals surface area contributed by atoms with E-state index in [1.165, 1.54) is 0 Å². The van der Waals surface area contributed by atoms with Crippen molar-refractivity contribution >= 4 is 28.3 Å². The maximum atomic E-state index is 13.9. The number of ether oxygens (including phenoxy) is 3. The number of hydrogen-bond donors (Lipinski definition) is 7. The first-order valence-corrected chi connectivity index (χ1v) is 23.0. The lowest BCUT2D eigenvalue weighted by atomic mass is 9.72. The standard InChI is InChI=1S/C54H61NO10/c1-31-7-16-43-46-30-65-49-23-34(11-18-48(49)63-3)10-14-41(59)26-42(64-20-19-36-13-17-44(52(46)54(61)62)53-50(36)47(60)27-45(31)51(43)53)25-38-24-40(58)15-12-37(38)21-35(29-56)9-8-33-5-4-6-39(22-33)55-28-32(2)57/h4-7,11-12,15-16,18,22-24,27,31-32,35-38,42,54-58,60-62H,8-10,13-14,17,21,25-26,28-30H2,1-3H3/t31-,32+,35-,36+,37-,38+,42+/m1/s1. The lowest BCUT2D eigenvalue weighted by Crippen LogP contribution is -2.26. The molecule has 7 N–H and O–H groups in total. The van der Waals surface area contributed by atoms with Crippen LogP contribution in [0.3, 0.4) is 0 Å². The van der Waals surface area contributed by atoms with Crippen molar-refractivity contribution in [1.29, 1.82) is 0 Å². The molecule has 342 valence electrons. The van der Waals surface area contributed by atoms with Gasteiger partial charge in [0.05, 0.1) is 19.1 Å². The van der Waals surface area contributed by atoms with E-state index in [1.54, 1.807) is 26.2 Å². The Labute approximate surface area is 381 Å². The summed E-state index contributed by atoms with van der Waals surface area (Å²) in [6, 6.07) is 15.5. The third kappa shape index (κ3) is 10.2. The van der Waals surface area contributed by atoms with Gasteiger partial charge in [-0.2, -0.15) is 0 Å². The number of carbonyl (C=O) groups is 1. The highest BCUT2D eigenvalue weighted by Crippen LogP contribution is 2.51. The first-order chi connectivity index (χ1) is 31.4. The molecule has 0 amide bonds. The van der Waals surface area contributed by atoms with Gasteiger partial charge in [-0.1, -0.05) is 49.3 Å². The summed E-state index contributed by atoms with van der Waals surface area (Å²) in [5.74, 6) is 3.73. The molecule has 0 spiro atoms. The van der Waals surface area contributed by atoms with Gasteiger partial charge < -0.3 is 50.2 Å². The molecule has 2 heterocycles. The third-order valence-electron chi connectivity index (χ3n) is 13.7. The van der Waals surface area contributed by atoms with Crippen LogP contribution in [-0.2, 0) is 35.4 Å². The fraction of sp³-hybridized carbons (Fsp3) is 0.426. The number of methoxy groups -OCH3 is 1. The Bertz CT molecular complexity index is 2560. The fourth-order valence-corrected chi connectivity index (χ4v) is 10.3. The van der Waals surface area contributed by atoms with Crippen molar-refractivity contribution in [2.24, 2.45) is 17.8 Å². The maximum absolute atomic E-state index is 13.9. The second kappa shape index (κ2) is 20.2. The van der Waals surface area contributed by atoms with Crippen LogP contribution < -0.4 is 14.8 Å². The normalized spacial score (nSPS) is 22.3. The van der Waals surface area contributed by atoms with Crippen LogP contribution in [0.2, 0.25) is 0 Å². The summed E-state index contributed by atoms with van der Waals surface area (Å²) in [6.07, 6.45) is 13.9. The van der Waals surface area contributed by atoms with E-state index in [4.69, 9.17) is 14.2 Å². The second-order valence-corrected chi connectivity index (χ2v) is 18.3. The minimum atomic E-state index is -1.81. The number of aliphatic hydroxyl groups excluding tert-OH is 4. The highest BCUT2D eigenvalue weighted by Gasteiger charge is 2.35. The fourth-order valence-electron chi connectivity index (χ4n) is 10.3. The molecule has 0 radical (unpaired) electrons. The van der Waals surface area contributed by atoms with Crippen molar-refractivity contribution in [2.75, 3.05) is 25.6 Å². The van der Waals surface area contributed by atoms with Gasteiger partial charge in [0.15, 0.2) is 17.8 Å². The Morgan fingerprint density at radius 3 is 2.60 bits per heavy atom. The Kier molecular flexibility index (Phi) is 14.2. The SMILES string of the molecule is COc1ccc2cc1OCc1c(C(O)O)c3c4c(c(O)cc5c4c1C=C[C@H]5C)[C@H](C#CO[C@@H](C[C@@H]1C=C(O)C=C[C@@H]1C[C@H](CO)CCc1cccc(NC[C@H](C)O)c1)CC(=O)CC2)CC3. The topological polar surface area (TPSA) is 178 Å². The van der Waals surface area contributed by atoms with E-state index in [1.807, 2.05) is 54.6 Å². The zero-order valence-corrected chi connectivity index (χ0v) is 37.4. The number of Topliss-reactive ketones (excluding diaryl/α,β-unsaturated/α-hetero) is 1. The number of ketones is 1. The predicted octanol–water partition coefficient (Wildman–Crippen LogP) is 8.59. The van der Waals surface area contributed by atoms with Gasteiger partial charge in [-0.05, 0) is 151 Å². The molecule has 8 bridgehead atoms. The van der Waals surface area contributed by atoms with Gasteiger partial charge in [0, 0.05) is 54.3 Å². The summed E-state index contributed by atoms with van der Waals surface area (Å²) in [5.41, 5.74) is 7.02. The molecule has 9 rings (SSSR count). The molecule has 0 saturated carbocycles. The Hall–Kier alpha value is -5.77. The van der Waals surface area contributed by atoms with E-state index in [0.29, 0.717) is 66.8 Å². The van der Waals surface area contributed by atoms with E-state index >= 15 is 0 Å². The molecule has 11 nitrogen and oxygen atoms in total. The second-order valence-electron chi connectivity index (χ2n) is 18.3. The first-order valence-electron chi connectivity index (χ1n) is 23.0. The van der Waals surface area contributed by atoms with E-state index < -0.39 is 24.4 Å². The molecule has 0 aromatic heterocycles. The van der Waals surface area contributed by atoms with Crippen LogP contribution in [0.4, 0.5) is 5.69 Å². The van der Waals surface area contributed by atoms with Crippen LogP contribution in [0, 0.1) is 29.8 Å². The molecule has 0 unspecified atom stereocenters. The average molecular weight is 884 g/mol. The molecule has 0 fully saturated rings. The van der Waals surface area contributed by atoms with Crippen LogP contribution in [0.15, 0.2) is 78.6 Å². The number of aryl methyl sites for hydroxylation is 3. The van der Waals surface area contributed by atoms with Gasteiger partial charge in [-0.25, -0.2) is 0 Å². The Balaban J connectivity index is 1.11. The molecule has 4 aromatic rings. The number of benzene rings is 4. The van der Waals surface area contributed by atoms with Crippen molar-refractivity contribution in [3.8, 4) is 29.3 Å². The number of carbonyl (C=O) groups excluding carboxylic acids is 1. The third-order valence-corrected chi connectivity index (χ3v) is 13.7. The quantitative estimate of drug-likeness (QED) is 0.0506. The van der Waals surface area contributed by atoms with Crippen LogP contribution in [0.25, 0.3) is 16.8 Å². The number of allylic oxidation sites excluding steroid dienone is 4. The van der Waals surface area contributed by atoms with Crippen molar-refractivity contribution in [3.05, 3.63) is 123 Å². The predicted molar refractivity (Wildman–Crippen MR) is 251 cm³/mol. The lowest BCUT2D eigenvalue weighted by molar-refractivity contribution is -0.121. The van der Waals surface area contributed by atoms with Gasteiger partial charge in [0.2, 0.25) is 0 Å². The lowest BCUT2D eigenvalue weighted by Gasteiger charge is -2.32. The minimum Gasteiger partial charge on any atom is -0.508 e. The molecule has 0 saturated heterocycles. The maximum Gasteiger partial charge on any atom is 0.179 e. The molecular weight excluding hydrogens is 823 g/mol. The van der Waals surface area contributed by atoms with Gasteiger partial charge in [0.1, 0.15) is 36.1 Å². The van der Waals surface area contributed by atoms with E-state index in [9.17, 15) is 35.4 Å². The molecule has 2 aliphatic heterocycles. The van der Waals surface area contributed by atoms with Crippen LogP contribution >= 0.6 is 0 Å². The monoisotopic (exact) mass is 883 g/mol. The van der Waals surface area contributed by atoms with Crippen molar-refractivity contribution in [1.82, 2.24) is 0 Å². The van der Waals surface area contributed by atoms with Gasteiger partial charge >= 0.3 is 0 Å². The zero-order valence-electron chi connectivity index (χ0n) is 37.4. The number of phenolic OH excluding ortho intramolecular Hbond substituents is 1. The van der Waals surface area contributed by atoms with Gasteiger partial charge in [-0.3, -0.25) is 4.79 Å². The Morgan fingerprint density at radius 2 is 1.82 bits per heavy atom. The minimum absolute atomic E-state index is 0.00287. The number of aromatic hydroxyl groups is 1. The highest BCUT2D eigenvalue weighted by atomic mass is 16.5. The molecular formula is C54H61NO10. The molecule has 3 aliphatic carbocycles. The van der Waals surface area contributed by atoms with E-state index in [0.717, 1.165) is 57.1 Å². The molecule has 4 aromatic carbocycles. The molecule has 7 atom stereocenters. The summed E-state index contributed by atoms with van der Waals surface area (Å²) < 4.78 is 18.6. The van der Waals surface area contributed by atoms with Gasteiger partial charge in [-0.15, -0.1) is 0 Å². The largest absolute Gasteiger partial charge is 0.508 e. The summed E-state index contributed by atoms with van der Waals surface area (Å²) in [4.78, 5) is 13.9. The van der Waals surface area contributed by atoms with Crippen molar-refractivity contribution < 1.29 is 49.6 Å². The number of anilines is 1. The number of phenols is 1. The summed E-state index contributed by atoms with van der Waals surface area (Å²) in [6.45, 7) is 4.28. The highest BCUT2D eigenvalue weighted by molar-refractivity contribution is 6.04. The number of fused-ring (bicyclic) bond motifs is 7. The number of hydrogen-bond acceptors (Lipinski definition) is 11. The first kappa shape index (κ1) is 45.8.